The lowest BCUT2D eigenvalue weighted by Crippen LogP contribution is -2.45. The molecule has 0 saturated carbocycles. The molecule has 1 aliphatic rings. The van der Waals surface area contributed by atoms with Crippen LogP contribution in [0.2, 0.25) is 0 Å². The summed E-state index contributed by atoms with van der Waals surface area (Å²) in [5, 5.41) is 11.5. The molecule has 1 fully saturated rings. The first kappa shape index (κ1) is 14.3. The Hall–Kier alpha value is -1.14. The highest BCUT2D eigenvalue weighted by Crippen LogP contribution is 2.18. The Morgan fingerprint density at radius 1 is 1.26 bits per heavy atom. The summed E-state index contributed by atoms with van der Waals surface area (Å²) in [6, 6.07) is 0.600. The summed E-state index contributed by atoms with van der Waals surface area (Å²) in [7, 11) is 0. The molecular formula is C13H24N4O2. The Labute approximate surface area is 114 Å². The minimum atomic E-state index is 0.193. The van der Waals surface area contributed by atoms with Crippen molar-refractivity contribution in [1.29, 1.82) is 0 Å². The second kappa shape index (κ2) is 6.34. The number of anilines is 1. The first-order chi connectivity index (χ1) is 9.04. The molecule has 0 unspecified atom stereocenters. The summed E-state index contributed by atoms with van der Waals surface area (Å²) in [6.45, 7) is 11.6. The van der Waals surface area contributed by atoms with E-state index in [1.165, 1.54) is 0 Å². The van der Waals surface area contributed by atoms with Gasteiger partial charge in [0.25, 0.3) is 0 Å². The van der Waals surface area contributed by atoms with Crippen molar-refractivity contribution in [2.75, 3.05) is 24.5 Å². The maximum Gasteiger partial charge on any atom is 0.318 e. The van der Waals surface area contributed by atoms with Crippen molar-refractivity contribution in [2.45, 2.75) is 46.4 Å². The number of ether oxygens (including phenoxy) is 1. The summed E-state index contributed by atoms with van der Waals surface area (Å²) in [4.78, 5) is 2.10. The molecule has 1 aromatic rings. The van der Waals surface area contributed by atoms with E-state index in [9.17, 15) is 0 Å². The SMILES string of the molecule is CC(C)CNCc1nnc(N2C[C@@H](C)O[C@@H](C)C2)o1. The van der Waals surface area contributed by atoms with Crippen LogP contribution in [0.15, 0.2) is 4.42 Å². The third-order valence-electron chi connectivity index (χ3n) is 2.98. The monoisotopic (exact) mass is 268 g/mol. The van der Waals surface area contributed by atoms with Crippen molar-refractivity contribution in [3.8, 4) is 0 Å². The summed E-state index contributed by atoms with van der Waals surface area (Å²) in [5.74, 6) is 1.26. The second-order valence-electron chi connectivity index (χ2n) is 5.67. The van der Waals surface area contributed by atoms with Crippen LogP contribution in [0, 0.1) is 5.92 Å². The van der Waals surface area contributed by atoms with Crippen molar-refractivity contribution >= 4 is 6.01 Å². The van der Waals surface area contributed by atoms with E-state index in [0.29, 0.717) is 24.4 Å². The maximum absolute atomic E-state index is 5.69. The van der Waals surface area contributed by atoms with E-state index >= 15 is 0 Å². The third kappa shape index (κ3) is 4.18. The van der Waals surface area contributed by atoms with Crippen LogP contribution in [0.5, 0.6) is 0 Å². The summed E-state index contributed by atoms with van der Waals surface area (Å²) in [6.07, 6.45) is 0.385. The molecular weight excluding hydrogens is 244 g/mol. The van der Waals surface area contributed by atoms with Gasteiger partial charge in [-0.15, -0.1) is 5.10 Å². The van der Waals surface area contributed by atoms with E-state index in [2.05, 4.69) is 48.1 Å². The number of nitrogens with one attached hydrogen (secondary N) is 1. The number of hydrogen-bond acceptors (Lipinski definition) is 6. The standard InChI is InChI=1S/C13H24N4O2/c1-9(2)5-14-6-12-15-16-13(19-12)17-7-10(3)18-11(4)8-17/h9-11,14H,5-8H2,1-4H3/t10-,11+. The highest BCUT2D eigenvalue weighted by Gasteiger charge is 2.25. The number of aromatic nitrogens is 2. The van der Waals surface area contributed by atoms with Gasteiger partial charge in [-0.05, 0) is 26.3 Å². The van der Waals surface area contributed by atoms with Crippen LogP contribution >= 0.6 is 0 Å². The summed E-state index contributed by atoms with van der Waals surface area (Å²) in [5.41, 5.74) is 0. The lowest BCUT2D eigenvalue weighted by atomic mass is 10.2. The fourth-order valence-electron chi connectivity index (χ4n) is 2.25. The first-order valence-electron chi connectivity index (χ1n) is 6.98. The molecule has 0 spiro atoms. The van der Waals surface area contributed by atoms with E-state index in [4.69, 9.17) is 9.15 Å². The van der Waals surface area contributed by atoms with Gasteiger partial charge < -0.3 is 19.4 Å². The van der Waals surface area contributed by atoms with Crippen LogP contribution in [0.25, 0.3) is 0 Å². The molecule has 2 heterocycles. The molecule has 0 amide bonds. The van der Waals surface area contributed by atoms with Gasteiger partial charge in [-0.2, -0.15) is 0 Å². The van der Waals surface area contributed by atoms with Crippen LogP contribution in [-0.2, 0) is 11.3 Å². The van der Waals surface area contributed by atoms with Crippen LogP contribution in [-0.4, -0.2) is 42.0 Å². The Balaban J connectivity index is 1.89. The highest BCUT2D eigenvalue weighted by atomic mass is 16.5. The summed E-state index contributed by atoms with van der Waals surface area (Å²) >= 11 is 0. The molecule has 1 N–H and O–H groups in total. The van der Waals surface area contributed by atoms with Crippen molar-refractivity contribution in [3.05, 3.63) is 5.89 Å². The van der Waals surface area contributed by atoms with Gasteiger partial charge in [0.05, 0.1) is 18.8 Å². The number of rotatable bonds is 5. The van der Waals surface area contributed by atoms with Crippen molar-refractivity contribution < 1.29 is 9.15 Å². The Morgan fingerprint density at radius 3 is 2.58 bits per heavy atom. The van der Waals surface area contributed by atoms with E-state index in [1.807, 2.05) is 0 Å². The quantitative estimate of drug-likeness (QED) is 0.871. The molecule has 1 saturated heterocycles. The summed E-state index contributed by atoms with van der Waals surface area (Å²) < 4.78 is 11.4. The fourth-order valence-corrected chi connectivity index (χ4v) is 2.25. The van der Waals surface area contributed by atoms with Crippen molar-refractivity contribution in [2.24, 2.45) is 5.92 Å². The van der Waals surface area contributed by atoms with Gasteiger partial charge >= 0.3 is 6.01 Å². The molecule has 6 heteroatoms. The fraction of sp³-hybridized carbons (Fsp3) is 0.846. The lowest BCUT2D eigenvalue weighted by Gasteiger charge is -2.33. The van der Waals surface area contributed by atoms with E-state index in [1.54, 1.807) is 0 Å². The smallest absolute Gasteiger partial charge is 0.318 e. The third-order valence-corrected chi connectivity index (χ3v) is 2.98. The Morgan fingerprint density at radius 2 is 1.95 bits per heavy atom. The number of nitrogens with zero attached hydrogens (tertiary/aromatic N) is 3. The molecule has 0 bridgehead atoms. The molecule has 1 aliphatic heterocycles. The Bertz CT molecular complexity index is 384. The molecule has 0 aliphatic carbocycles. The molecule has 0 aromatic carbocycles. The molecule has 19 heavy (non-hydrogen) atoms. The average molecular weight is 268 g/mol. The van der Waals surface area contributed by atoms with Gasteiger partial charge in [0.15, 0.2) is 0 Å². The minimum absolute atomic E-state index is 0.193. The topological polar surface area (TPSA) is 63.4 Å². The Kier molecular flexibility index (Phi) is 4.76. The highest BCUT2D eigenvalue weighted by molar-refractivity contribution is 5.25. The van der Waals surface area contributed by atoms with Crippen LogP contribution in [0.4, 0.5) is 6.01 Å². The minimum Gasteiger partial charge on any atom is -0.407 e. The largest absolute Gasteiger partial charge is 0.407 e. The van der Waals surface area contributed by atoms with E-state index in [0.717, 1.165) is 19.6 Å². The van der Waals surface area contributed by atoms with E-state index in [-0.39, 0.29) is 12.2 Å². The molecule has 6 nitrogen and oxygen atoms in total. The first-order valence-corrected chi connectivity index (χ1v) is 6.98. The average Bonchev–Trinajstić information content (AvgIpc) is 2.76. The van der Waals surface area contributed by atoms with Crippen molar-refractivity contribution in [1.82, 2.24) is 15.5 Å². The zero-order valence-corrected chi connectivity index (χ0v) is 12.2. The normalized spacial score (nSPS) is 24.2. The van der Waals surface area contributed by atoms with Gasteiger partial charge in [0, 0.05) is 13.1 Å². The molecule has 108 valence electrons. The molecule has 0 radical (unpaired) electrons. The lowest BCUT2D eigenvalue weighted by molar-refractivity contribution is -0.00676. The van der Waals surface area contributed by atoms with Gasteiger partial charge in [-0.1, -0.05) is 18.9 Å². The van der Waals surface area contributed by atoms with E-state index < -0.39 is 0 Å². The second-order valence-corrected chi connectivity index (χ2v) is 5.67. The van der Waals surface area contributed by atoms with Gasteiger partial charge in [0.2, 0.25) is 5.89 Å². The zero-order valence-electron chi connectivity index (χ0n) is 12.2. The van der Waals surface area contributed by atoms with Crippen LogP contribution < -0.4 is 10.2 Å². The van der Waals surface area contributed by atoms with Crippen LogP contribution in [0.1, 0.15) is 33.6 Å². The number of hydrogen-bond donors (Lipinski definition) is 1. The number of morpholine rings is 1. The zero-order chi connectivity index (χ0) is 13.8. The van der Waals surface area contributed by atoms with Gasteiger partial charge in [-0.3, -0.25) is 0 Å². The van der Waals surface area contributed by atoms with Gasteiger partial charge in [-0.25, -0.2) is 0 Å². The predicted octanol–water partition coefficient (Wildman–Crippen LogP) is 1.43. The molecule has 2 atom stereocenters. The van der Waals surface area contributed by atoms with Gasteiger partial charge in [0.1, 0.15) is 0 Å². The maximum atomic E-state index is 5.69. The molecule has 2 rings (SSSR count). The van der Waals surface area contributed by atoms with Crippen LogP contribution in [0.3, 0.4) is 0 Å². The predicted molar refractivity (Wildman–Crippen MR) is 73.1 cm³/mol. The van der Waals surface area contributed by atoms with Crippen molar-refractivity contribution in [3.63, 3.8) is 0 Å². The molecule has 1 aromatic heterocycles.